The van der Waals surface area contributed by atoms with E-state index in [1.165, 1.54) is 6.42 Å². The van der Waals surface area contributed by atoms with E-state index in [0.717, 1.165) is 22.6 Å². The van der Waals surface area contributed by atoms with E-state index < -0.39 is 0 Å². The Bertz CT molecular complexity index is 423. The molecule has 0 spiro atoms. The van der Waals surface area contributed by atoms with E-state index in [1.54, 1.807) is 11.8 Å². The van der Waals surface area contributed by atoms with Crippen molar-refractivity contribution in [3.63, 3.8) is 0 Å². The van der Waals surface area contributed by atoms with Gasteiger partial charge < -0.3 is 5.32 Å². The van der Waals surface area contributed by atoms with Crippen molar-refractivity contribution in [2.24, 2.45) is 5.92 Å². The molecule has 0 amide bonds. The predicted molar refractivity (Wildman–Crippen MR) is 80.1 cm³/mol. The highest BCUT2D eigenvalue weighted by molar-refractivity contribution is 7.98. The topological polar surface area (TPSA) is 35.8 Å². The van der Waals surface area contributed by atoms with Crippen LogP contribution >= 0.6 is 11.8 Å². The highest BCUT2D eigenvalue weighted by Gasteiger charge is 2.11. The number of benzene rings is 1. The van der Waals surface area contributed by atoms with Crippen LogP contribution < -0.4 is 5.32 Å². The van der Waals surface area contributed by atoms with Crippen molar-refractivity contribution in [3.8, 4) is 6.07 Å². The van der Waals surface area contributed by atoms with Gasteiger partial charge in [0.25, 0.3) is 0 Å². The minimum atomic E-state index is 0.393. The molecule has 2 atom stereocenters. The van der Waals surface area contributed by atoms with Crippen molar-refractivity contribution in [2.75, 3.05) is 11.6 Å². The van der Waals surface area contributed by atoms with Crippen molar-refractivity contribution in [1.29, 1.82) is 5.26 Å². The maximum atomic E-state index is 9.27. The lowest BCUT2D eigenvalue weighted by Crippen LogP contribution is -2.19. The molecule has 3 heteroatoms. The van der Waals surface area contributed by atoms with Crippen molar-refractivity contribution < 1.29 is 0 Å². The fourth-order valence-corrected chi connectivity index (χ4v) is 2.61. The Labute approximate surface area is 115 Å². The Morgan fingerprint density at radius 2 is 2.11 bits per heavy atom. The molecule has 98 valence electrons. The first-order chi connectivity index (χ1) is 8.62. The third-order valence-corrected chi connectivity index (χ3v) is 3.99. The van der Waals surface area contributed by atoms with E-state index in [-0.39, 0.29) is 0 Å². The Kier molecular flexibility index (Phi) is 6.07. The summed E-state index contributed by atoms with van der Waals surface area (Å²) in [5.41, 5.74) is 1.72. The first-order valence-electron chi connectivity index (χ1n) is 6.46. The molecule has 0 radical (unpaired) electrons. The average Bonchev–Trinajstić information content (AvgIpc) is 2.37. The van der Waals surface area contributed by atoms with E-state index in [2.05, 4.69) is 32.2 Å². The van der Waals surface area contributed by atoms with E-state index in [0.29, 0.717) is 12.0 Å². The van der Waals surface area contributed by atoms with E-state index in [4.69, 9.17) is 0 Å². The molecule has 1 N–H and O–H groups in total. The molecule has 0 saturated carbocycles. The van der Waals surface area contributed by atoms with Gasteiger partial charge in [0.15, 0.2) is 0 Å². The third kappa shape index (κ3) is 3.96. The number of thioether (sulfide) groups is 1. The van der Waals surface area contributed by atoms with Crippen LogP contribution in [-0.2, 0) is 0 Å². The molecular formula is C15H22N2S. The molecule has 1 aromatic rings. The molecule has 2 unspecified atom stereocenters. The number of hydrogen-bond donors (Lipinski definition) is 1. The molecule has 2 nitrogen and oxygen atoms in total. The van der Waals surface area contributed by atoms with Crippen molar-refractivity contribution >= 4 is 17.4 Å². The Morgan fingerprint density at radius 1 is 1.39 bits per heavy atom. The summed E-state index contributed by atoms with van der Waals surface area (Å²) in [7, 11) is 0. The molecule has 0 heterocycles. The van der Waals surface area contributed by atoms with E-state index in [1.807, 2.05) is 24.5 Å². The number of nitriles is 1. The van der Waals surface area contributed by atoms with Crippen LogP contribution in [0.1, 0.15) is 39.2 Å². The fraction of sp³-hybridized carbons (Fsp3) is 0.533. The van der Waals surface area contributed by atoms with Crippen LogP contribution in [-0.4, -0.2) is 12.3 Å². The summed E-state index contributed by atoms with van der Waals surface area (Å²) in [6.45, 7) is 6.66. The first-order valence-corrected chi connectivity index (χ1v) is 7.68. The number of hydrogen-bond acceptors (Lipinski definition) is 3. The minimum Gasteiger partial charge on any atom is -0.381 e. The van der Waals surface area contributed by atoms with Crippen molar-refractivity contribution in [3.05, 3.63) is 23.8 Å². The normalized spacial score (nSPS) is 13.7. The molecule has 0 fully saturated rings. The minimum absolute atomic E-state index is 0.393. The van der Waals surface area contributed by atoms with Gasteiger partial charge in [-0.1, -0.05) is 26.3 Å². The van der Waals surface area contributed by atoms with Crippen LogP contribution in [0.2, 0.25) is 0 Å². The second kappa shape index (κ2) is 7.33. The van der Waals surface area contributed by atoms with Gasteiger partial charge in [-0.25, -0.2) is 0 Å². The van der Waals surface area contributed by atoms with Crippen molar-refractivity contribution in [2.45, 2.75) is 44.6 Å². The SMILES string of the molecule is CCC(C)CC(C)Nc1cccc(SC)c1C#N. The zero-order valence-electron chi connectivity index (χ0n) is 11.7. The van der Waals surface area contributed by atoms with Gasteiger partial charge in [0.05, 0.1) is 11.3 Å². The number of nitrogens with zero attached hydrogens (tertiary/aromatic N) is 1. The van der Waals surface area contributed by atoms with Crippen LogP contribution in [0.3, 0.4) is 0 Å². The highest BCUT2D eigenvalue weighted by atomic mass is 32.2. The van der Waals surface area contributed by atoms with Crippen LogP contribution in [0.15, 0.2) is 23.1 Å². The molecular weight excluding hydrogens is 240 g/mol. The van der Waals surface area contributed by atoms with Crippen LogP contribution in [0.4, 0.5) is 5.69 Å². The first kappa shape index (κ1) is 14.9. The quantitative estimate of drug-likeness (QED) is 0.766. The summed E-state index contributed by atoms with van der Waals surface area (Å²) in [4.78, 5) is 1.04. The molecule has 0 bridgehead atoms. The largest absolute Gasteiger partial charge is 0.381 e. The van der Waals surface area contributed by atoms with Gasteiger partial charge in [0.1, 0.15) is 6.07 Å². The molecule has 0 aliphatic carbocycles. The number of nitrogens with one attached hydrogen (secondary N) is 1. The van der Waals surface area contributed by atoms with Gasteiger partial charge in [0, 0.05) is 10.9 Å². The predicted octanol–water partition coefficient (Wildman–Crippen LogP) is 4.52. The van der Waals surface area contributed by atoms with E-state index in [9.17, 15) is 5.26 Å². The second-order valence-corrected chi connectivity index (χ2v) is 5.64. The second-order valence-electron chi connectivity index (χ2n) is 4.79. The zero-order chi connectivity index (χ0) is 13.5. The van der Waals surface area contributed by atoms with Crippen molar-refractivity contribution in [1.82, 2.24) is 0 Å². The molecule has 18 heavy (non-hydrogen) atoms. The molecule has 1 rings (SSSR count). The molecule has 1 aromatic carbocycles. The monoisotopic (exact) mass is 262 g/mol. The number of rotatable bonds is 6. The molecule has 0 aromatic heterocycles. The standard InChI is InChI=1S/C15H22N2S/c1-5-11(2)9-12(3)17-14-7-6-8-15(18-4)13(14)10-16/h6-8,11-12,17H,5,9H2,1-4H3. The Balaban J connectivity index is 2.81. The highest BCUT2D eigenvalue weighted by Crippen LogP contribution is 2.27. The summed E-state index contributed by atoms with van der Waals surface area (Å²) < 4.78 is 0. The summed E-state index contributed by atoms with van der Waals surface area (Å²) in [6.07, 6.45) is 4.33. The average molecular weight is 262 g/mol. The maximum absolute atomic E-state index is 9.27. The summed E-state index contributed by atoms with van der Waals surface area (Å²) >= 11 is 1.62. The lowest BCUT2D eigenvalue weighted by atomic mass is 10.00. The molecule has 0 saturated heterocycles. The summed E-state index contributed by atoms with van der Waals surface area (Å²) in [6, 6.07) is 8.69. The van der Waals surface area contributed by atoms with Crippen LogP contribution in [0.25, 0.3) is 0 Å². The van der Waals surface area contributed by atoms with E-state index >= 15 is 0 Å². The smallest absolute Gasteiger partial charge is 0.102 e. The van der Waals surface area contributed by atoms with Gasteiger partial charge >= 0.3 is 0 Å². The Morgan fingerprint density at radius 3 is 2.67 bits per heavy atom. The van der Waals surface area contributed by atoms with Gasteiger partial charge in [0.2, 0.25) is 0 Å². The lowest BCUT2D eigenvalue weighted by molar-refractivity contribution is 0.484. The Hall–Kier alpha value is -1.14. The van der Waals surface area contributed by atoms with Gasteiger partial charge in [-0.3, -0.25) is 0 Å². The van der Waals surface area contributed by atoms with Gasteiger partial charge in [-0.15, -0.1) is 11.8 Å². The third-order valence-electron chi connectivity index (χ3n) is 3.21. The van der Waals surface area contributed by atoms with Crippen LogP contribution in [0, 0.1) is 17.2 Å². The number of anilines is 1. The maximum Gasteiger partial charge on any atom is 0.102 e. The van der Waals surface area contributed by atoms with Crippen LogP contribution in [0.5, 0.6) is 0 Å². The lowest BCUT2D eigenvalue weighted by Gasteiger charge is -2.20. The van der Waals surface area contributed by atoms with Gasteiger partial charge in [-0.05, 0) is 37.7 Å². The fourth-order valence-electron chi connectivity index (χ4n) is 2.03. The molecule has 0 aliphatic rings. The summed E-state index contributed by atoms with van der Waals surface area (Å²) in [5.74, 6) is 0.710. The summed E-state index contributed by atoms with van der Waals surface area (Å²) in [5, 5.41) is 12.7. The van der Waals surface area contributed by atoms with Gasteiger partial charge in [-0.2, -0.15) is 5.26 Å². The molecule has 0 aliphatic heterocycles. The zero-order valence-corrected chi connectivity index (χ0v) is 12.5.